The molecule has 0 atom stereocenters. The minimum absolute atomic E-state index is 0.524. The van der Waals surface area contributed by atoms with E-state index in [4.69, 9.17) is 16.6 Å². The number of aromatic nitrogens is 3. The average molecular weight is 340 g/mol. The van der Waals surface area contributed by atoms with Crippen LogP contribution in [-0.4, -0.2) is 15.0 Å². The Morgan fingerprint density at radius 3 is 2.61 bits per heavy atom. The van der Waals surface area contributed by atoms with Gasteiger partial charge < -0.3 is 0 Å². The lowest BCUT2D eigenvalue weighted by molar-refractivity contribution is 0.964. The molecule has 0 N–H and O–H groups in total. The summed E-state index contributed by atoms with van der Waals surface area (Å²) in [6, 6.07) is 12.3. The fourth-order valence-electron chi connectivity index (χ4n) is 2.74. The highest BCUT2D eigenvalue weighted by Crippen LogP contribution is 2.38. The van der Waals surface area contributed by atoms with Gasteiger partial charge in [0.05, 0.1) is 15.9 Å². The lowest BCUT2D eigenvalue weighted by atomic mass is 10.1. The summed E-state index contributed by atoms with van der Waals surface area (Å²) in [6.07, 6.45) is 0.765. The van der Waals surface area contributed by atoms with Crippen molar-refractivity contribution in [1.82, 2.24) is 15.0 Å². The summed E-state index contributed by atoms with van der Waals surface area (Å²) in [7, 11) is 0. The first kappa shape index (κ1) is 14.5. The largest absolute Gasteiger partial charge is 0.237 e. The Morgan fingerprint density at radius 2 is 1.87 bits per heavy atom. The Labute approximate surface area is 143 Å². The zero-order valence-corrected chi connectivity index (χ0v) is 14.4. The van der Waals surface area contributed by atoms with Gasteiger partial charge in [0.25, 0.3) is 0 Å². The molecule has 3 heterocycles. The molecule has 0 spiro atoms. The van der Waals surface area contributed by atoms with E-state index < -0.39 is 0 Å². The lowest BCUT2D eigenvalue weighted by Gasteiger charge is -2.04. The zero-order chi connectivity index (χ0) is 16.0. The van der Waals surface area contributed by atoms with Crippen LogP contribution in [0.5, 0.6) is 0 Å². The molecule has 0 saturated heterocycles. The number of rotatable bonds is 2. The van der Waals surface area contributed by atoms with Crippen LogP contribution in [0.25, 0.3) is 31.7 Å². The van der Waals surface area contributed by atoms with Crippen LogP contribution in [0.2, 0.25) is 5.15 Å². The molecule has 0 radical (unpaired) electrons. The van der Waals surface area contributed by atoms with Gasteiger partial charge in [-0.3, -0.25) is 0 Å². The normalized spacial score (nSPS) is 11.4. The molecule has 5 heteroatoms. The highest BCUT2D eigenvalue weighted by Gasteiger charge is 2.16. The van der Waals surface area contributed by atoms with Gasteiger partial charge in [-0.1, -0.05) is 48.9 Å². The standard InChI is InChI=1S/C18H14ClN3S/c1-3-13-21-15-14-10(2)9-12(11-7-5-4-6-8-11)20-18(14)23-16(15)17(19)22-13/h4-9H,3H2,1-2H3. The van der Waals surface area contributed by atoms with Gasteiger partial charge in [0.2, 0.25) is 0 Å². The molecule has 0 aliphatic carbocycles. The van der Waals surface area contributed by atoms with Crippen LogP contribution in [0.3, 0.4) is 0 Å². The van der Waals surface area contributed by atoms with Gasteiger partial charge in [0.1, 0.15) is 10.7 Å². The minimum atomic E-state index is 0.524. The predicted octanol–water partition coefficient (Wildman–Crippen LogP) is 5.43. The van der Waals surface area contributed by atoms with Crippen molar-refractivity contribution in [2.45, 2.75) is 20.3 Å². The fourth-order valence-corrected chi connectivity index (χ4v) is 4.12. The van der Waals surface area contributed by atoms with Crippen molar-refractivity contribution < 1.29 is 0 Å². The van der Waals surface area contributed by atoms with Gasteiger partial charge in [-0.25, -0.2) is 15.0 Å². The van der Waals surface area contributed by atoms with E-state index >= 15 is 0 Å². The van der Waals surface area contributed by atoms with Gasteiger partial charge in [-0.2, -0.15) is 0 Å². The molecule has 23 heavy (non-hydrogen) atoms. The number of thiophene rings is 1. The topological polar surface area (TPSA) is 38.7 Å². The van der Waals surface area contributed by atoms with Crippen LogP contribution in [0, 0.1) is 6.92 Å². The monoisotopic (exact) mass is 339 g/mol. The molecular weight excluding hydrogens is 326 g/mol. The quantitative estimate of drug-likeness (QED) is 0.457. The number of pyridine rings is 1. The third kappa shape index (κ3) is 2.38. The van der Waals surface area contributed by atoms with Gasteiger partial charge in [-0.05, 0) is 18.6 Å². The summed E-state index contributed by atoms with van der Waals surface area (Å²) in [5.74, 6) is 0.772. The first-order chi connectivity index (χ1) is 11.2. The van der Waals surface area contributed by atoms with E-state index in [1.807, 2.05) is 25.1 Å². The molecule has 1 aromatic carbocycles. The molecule has 0 unspecified atom stereocenters. The molecule has 0 fully saturated rings. The molecule has 3 nitrogen and oxygen atoms in total. The summed E-state index contributed by atoms with van der Waals surface area (Å²) in [6.45, 7) is 4.13. The van der Waals surface area contributed by atoms with E-state index in [2.05, 4.69) is 35.1 Å². The zero-order valence-electron chi connectivity index (χ0n) is 12.8. The van der Waals surface area contributed by atoms with Crippen molar-refractivity contribution in [3.8, 4) is 11.3 Å². The van der Waals surface area contributed by atoms with E-state index in [0.717, 1.165) is 49.5 Å². The van der Waals surface area contributed by atoms with Crippen LogP contribution in [0.4, 0.5) is 0 Å². The molecule has 0 bridgehead atoms. The second-order valence-electron chi connectivity index (χ2n) is 5.43. The first-order valence-corrected chi connectivity index (χ1v) is 8.68. The molecule has 114 valence electrons. The smallest absolute Gasteiger partial charge is 0.150 e. The Hall–Kier alpha value is -2.04. The maximum absolute atomic E-state index is 6.35. The highest BCUT2D eigenvalue weighted by molar-refractivity contribution is 7.26. The first-order valence-electron chi connectivity index (χ1n) is 7.49. The van der Waals surface area contributed by atoms with E-state index in [1.54, 1.807) is 11.3 Å². The summed E-state index contributed by atoms with van der Waals surface area (Å²) < 4.78 is 0.916. The second-order valence-corrected chi connectivity index (χ2v) is 6.79. The van der Waals surface area contributed by atoms with Crippen LogP contribution < -0.4 is 0 Å². The third-order valence-electron chi connectivity index (χ3n) is 3.88. The highest BCUT2D eigenvalue weighted by atomic mass is 35.5. The van der Waals surface area contributed by atoms with Gasteiger partial charge >= 0.3 is 0 Å². The van der Waals surface area contributed by atoms with E-state index in [0.29, 0.717) is 5.15 Å². The average Bonchev–Trinajstić information content (AvgIpc) is 2.95. The Balaban J connectivity index is 2.05. The maximum atomic E-state index is 6.35. The number of hydrogen-bond donors (Lipinski definition) is 0. The molecule has 4 rings (SSSR count). The van der Waals surface area contributed by atoms with Gasteiger partial charge in [-0.15, -0.1) is 11.3 Å². The fraction of sp³-hybridized carbons (Fsp3) is 0.167. The Morgan fingerprint density at radius 1 is 1.09 bits per heavy atom. The summed E-state index contributed by atoms with van der Waals surface area (Å²) >= 11 is 7.92. The maximum Gasteiger partial charge on any atom is 0.150 e. The van der Waals surface area contributed by atoms with Crippen LogP contribution in [0.1, 0.15) is 18.3 Å². The van der Waals surface area contributed by atoms with Crippen LogP contribution >= 0.6 is 22.9 Å². The summed E-state index contributed by atoms with van der Waals surface area (Å²) in [5.41, 5.74) is 4.17. The van der Waals surface area contributed by atoms with Crippen molar-refractivity contribution in [3.05, 3.63) is 52.9 Å². The Kier molecular flexibility index (Phi) is 3.51. The SMILES string of the molecule is CCc1nc(Cl)c2sc3nc(-c4ccccc4)cc(C)c3c2n1. The minimum Gasteiger partial charge on any atom is -0.237 e. The molecular formula is C18H14ClN3S. The second kappa shape index (κ2) is 5.55. The van der Waals surface area contributed by atoms with Gasteiger partial charge in [0, 0.05) is 17.4 Å². The van der Waals surface area contributed by atoms with Crippen molar-refractivity contribution in [1.29, 1.82) is 0 Å². The van der Waals surface area contributed by atoms with Crippen LogP contribution in [-0.2, 0) is 6.42 Å². The predicted molar refractivity (Wildman–Crippen MR) is 97.3 cm³/mol. The molecule has 0 aliphatic heterocycles. The molecule has 0 aliphatic rings. The number of aryl methyl sites for hydroxylation is 2. The Bertz CT molecular complexity index is 1020. The number of nitrogens with zero attached hydrogens (tertiary/aromatic N) is 3. The number of fused-ring (bicyclic) bond motifs is 3. The van der Waals surface area contributed by atoms with Crippen molar-refractivity contribution in [2.75, 3.05) is 0 Å². The lowest BCUT2D eigenvalue weighted by Crippen LogP contribution is -1.93. The van der Waals surface area contributed by atoms with E-state index in [9.17, 15) is 0 Å². The summed E-state index contributed by atoms with van der Waals surface area (Å²) in [4.78, 5) is 14.8. The van der Waals surface area contributed by atoms with Crippen LogP contribution in [0.15, 0.2) is 36.4 Å². The van der Waals surface area contributed by atoms with E-state index in [-0.39, 0.29) is 0 Å². The molecule has 3 aromatic heterocycles. The number of halogens is 1. The van der Waals surface area contributed by atoms with Crippen molar-refractivity contribution in [3.63, 3.8) is 0 Å². The van der Waals surface area contributed by atoms with Crippen molar-refractivity contribution in [2.24, 2.45) is 0 Å². The van der Waals surface area contributed by atoms with Gasteiger partial charge in [0.15, 0.2) is 5.15 Å². The summed E-state index contributed by atoms with van der Waals surface area (Å²) in [5, 5.41) is 1.61. The van der Waals surface area contributed by atoms with E-state index in [1.165, 1.54) is 0 Å². The molecule has 0 amide bonds. The number of benzene rings is 1. The van der Waals surface area contributed by atoms with Crippen molar-refractivity contribution >= 4 is 43.4 Å². The number of hydrogen-bond acceptors (Lipinski definition) is 4. The molecule has 4 aromatic rings. The third-order valence-corrected chi connectivity index (χ3v) is 5.34. The molecule has 0 saturated carbocycles.